The molecule has 1 aromatic carbocycles. The lowest BCUT2D eigenvalue weighted by Crippen LogP contribution is -2.27. The van der Waals surface area contributed by atoms with Gasteiger partial charge in [-0.1, -0.05) is 22.0 Å². The average molecular weight is 308 g/mol. The van der Waals surface area contributed by atoms with Crippen LogP contribution in [0.3, 0.4) is 0 Å². The van der Waals surface area contributed by atoms with Gasteiger partial charge in [0.15, 0.2) is 0 Å². The topological polar surface area (TPSA) is 46.6 Å². The molecule has 0 saturated heterocycles. The maximum absolute atomic E-state index is 11.5. The lowest BCUT2D eigenvalue weighted by Gasteiger charge is -2.13. The van der Waals surface area contributed by atoms with Gasteiger partial charge in [-0.05, 0) is 30.2 Å². The molecule has 1 rings (SSSR count). The largest absolute Gasteiger partial charge is 0.384 e. The Bertz CT molecular complexity index is 471. The van der Waals surface area contributed by atoms with Crippen LogP contribution in [0, 0.1) is 6.92 Å². The van der Waals surface area contributed by atoms with Crippen LogP contribution >= 0.6 is 15.9 Å². The summed E-state index contributed by atoms with van der Waals surface area (Å²) in [5, 5.41) is 0.660. The van der Waals surface area contributed by atoms with Gasteiger partial charge in [0.25, 0.3) is 0 Å². The maximum atomic E-state index is 11.5. The van der Waals surface area contributed by atoms with Gasteiger partial charge in [0.2, 0.25) is 0 Å². The molecular formula is C10H14BrNO3S. The first kappa shape index (κ1) is 13.5. The summed E-state index contributed by atoms with van der Waals surface area (Å²) < 4.78 is 29.0. The molecule has 0 aromatic heterocycles. The zero-order valence-corrected chi connectivity index (χ0v) is 11.8. The normalized spacial score (nSPS) is 11.8. The van der Waals surface area contributed by atoms with Gasteiger partial charge in [-0.3, -0.25) is 0 Å². The zero-order valence-electron chi connectivity index (χ0n) is 9.40. The maximum Gasteiger partial charge on any atom is 0.384 e. The minimum absolute atomic E-state index is 0.336. The van der Waals surface area contributed by atoms with Crippen LogP contribution in [-0.4, -0.2) is 26.8 Å². The van der Waals surface area contributed by atoms with E-state index in [-0.39, 0.29) is 0 Å². The molecule has 6 heteroatoms. The van der Waals surface area contributed by atoms with Crippen LogP contribution in [0.25, 0.3) is 0 Å². The van der Waals surface area contributed by atoms with Gasteiger partial charge in [0.1, 0.15) is 5.75 Å². The third kappa shape index (κ3) is 3.47. The van der Waals surface area contributed by atoms with Gasteiger partial charge in [0.05, 0.1) is 0 Å². The first-order valence-electron chi connectivity index (χ1n) is 4.63. The van der Waals surface area contributed by atoms with E-state index in [9.17, 15) is 8.42 Å². The molecule has 0 radical (unpaired) electrons. The van der Waals surface area contributed by atoms with Crippen LogP contribution in [-0.2, 0) is 15.6 Å². The molecule has 90 valence electrons. The summed E-state index contributed by atoms with van der Waals surface area (Å²) in [5.74, 6) is 0.336. The Balaban J connectivity index is 3.02. The zero-order chi connectivity index (χ0) is 12.3. The lowest BCUT2D eigenvalue weighted by molar-refractivity contribution is 0.421. The molecule has 0 aliphatic heterocycles. The van der Waals surface area contributed by atoms with Gasteiger partial charge in [0, 0.05) is 19.4 Å². The van der Waals surface area contributed by atoms with Crippen LogP contribution in [0.15, 0.2) is 18.2 Å². The van der Waals surface area contributed by atoms with E-state index in [0.29, 0.717) is 11.1 Å². The fraction of sp³-hybridized carbons (Fsp3) is 0.400. The number of nitrogens with zero attached hydrogens (tertiary/aromatic N) is 1. The lowest BCUT2D eigenvalue weighted by atomic mass is 10.1. The molecule has 0 atom stereocenters. The summed E-state index contributed by atoms with van der Waals surface area (Å²) in [6, 6.07) is 5.35. The second-order valence-electron chi connectivity index (χ2n) is 3.61. The molecule has 0 aliphatic rings. The SMILES string of the molecule is Cc1cc(CBr)cc(OS(=O)(=O)N(C)C)c1. The standard InChI is InChI=1S/C10H14BrNO3S/c1-8-4-9(7-11)6-10(5-8)15-16(13,14)12(2)3/h4-6H,7H2,1-3H3. The molecule has 0 spiro atoms. The molecule has 0 fully saturated rings. The fourth-order valence-electron chi connectivity index (χ4n) is 1.15. The minimum atomic E-state index is -3.67. The Kier molecular flexibility index (Phi) is 4.35. The highest BCUT2D eigenvalue weighted by Crippen LogP contribution is 2.20. The summed E-state index contributed by atoms with van der Waals surface area (Å²) in [6.07, 6.45) is 0. The number of aryl methyl sites for hydroxylation is 1. The third-order valence-corrected chi connectivity index (χ3v) is 3.86. The molecule has 0 amide bonds. The van der Waals surface area contributed by atoms with Crippen molar-refractivity contribution in [1.29, 1.82) is 0 Å². The number of alkyl halides is 1. The van der Waals surface area contributed by atoms with Crippen molar-refractivity contribution in [2.45, 2.75) is 12.3 Å². The Morgan fingerprint density at radius 2 is 1.94 bits per heavy atom. The van der Waals surface area contributed by atoms with Crippen LogP contribution in [0.5, 0.6) is 5.75 Å². The molecule has 4 nitrogen and oxygen atoms in total. The number of hydrogen-bond donors (Lipinski definition) is 0. The summed E-state index contributed by atoms with van der Waals surface area (Å²) >= 11 is 3.32. The summed E-state index contributed by atoms with van der Waals surface area (Å²) in [6.45, 7) is 1.89. The highest BCUT2D eigenvalue weighted by Gasteiger charge is 2.16. The van der Waals surface area contributed by atoms with E-state index in [1.54, 1.807) is 12.1 Å². The van der Waals surface area contributed by atoms with E-state index in [2.05, 4.69) is 15.9 Å². The summed E-state index contributed by atoms with van der Waals surface area (Å²) in [5.41, 5.74) is 1.94. The Morgan fingerprint density at radius 3 is 2.44 bits per heavy atom. The third-order valence-electron chi connectivity index (χ3n) is 1.91. The summed E-state index contributed by atoms with van der Waals surface area (Å²) in [4.78, 5) is 0. The van der Waals surface area contributed by atoms with Crippen LogP contribution in [0.2, 0.25) is 0 Å². The summed E-state index contributed by atoms with van der Waals surface area (Å²) in [7, 11) is -0.821. The molecule has 0 unspecified atom stereocenters. The van der Waals surface area contributed by atoms with E-state index >= 15 is 0 Å². The monoisotopic (exact) mass is 307 g/mol. The molecule has 16 heavy (non-hydrogen) atoms. The van der Waals surface area contributed by atoms with Crippen molar-refractivity contribution in [1.82, 2.24) is 4.31 Å². The molecule has 0 bridgehead atoms. The van der Waals surface area contributed by atoms with Gasteiger partial charge in [-0.25, -0.2) is 0 Å². The first-order chi connectivity index (χ1) is 7.35. The first-order valence-corrected chi connectivity index (χ1v) is 7.12. The van der Waals surface area contributed by atoms with Gasteiger partial charge >= 0.3 is 10.3 Å². The van der Waals surface area contributed by atoms with Crippen molar-refractivity contribution in [2.75, 3.05) is 14.1 Å². The van der Waals surface area contributed by atoms with Crippen molar-refractivity contribution in [3.05, 3.63) is 29.3 Å². The Labute approximate surface area is 105 Å². The highest BCUT2D eigenvalue weighted by atomic mass is 79.9. The van der Waals surface area contributed by atoms with Crippen LogP contribution in [0.4, 0.5) is 0 Å². The van der Waals surface area contributed by atoms with E-state index in [0.717, 1.165) is 15.4 Å². The van der Waals surface area contributed by atoms with Crippen LogP contribution < -0.4 is 4.18 Å². The molecule has 0 heterocycles. The predicted octanol–water partition coefficient (Wildman–Crippen LogP) is 2.08. The Morgan fingerprint density at radius 1 is 1.31 bits per heavy atom. The van der Waals surface area contributed by atoms with Gasteiger partial charge < -0.3 is 4.18 Å². The smallest absolute Gasteiger partial charge is 0.371 e. The molecule has 0 N–H and O–H groups in total. The number of halogens is 1. The molecular weight excluding hydrogens is 294 g/mol. The Hall–Kier alpha value is -0.590. The van der Waals surface area contributed by atoms with Crippen molar-refractivity contribution in [2.24, 2.45) is 0 Å². The number of benzene rings is 1. The van der Waals surface area contributed by atoms with Crippen molar-refractivity contribution in [3.63, 3.8) is 0 Å². The van der Waals surface area contributed by atoms with Crippen molar-refractivity contribution >= 4 is 26.2 Å². The predicted molar refractivity (Wildman–Crippen MR) is 67.0 cm³/mol. The van der Waals surface area contributed by atoms with Crippen molar-refractivity contribution in [3.8, 4) is 5.75 Å². The highest BCUT2D eigenvalue weighted by molar-refractivity contribution is 9.08. The van der Waals surface area contributed by atoms with E-state index in [1.165, 1.54) is 14.1 Å². The quantitative estimate of drug-likeness (QED) is 0.800. The molecule has 0 aliphatic carbocycles. The fourth-order valence-corrected chi connectivity index (χ4v) is 1.96. The van der Waals surface area contributed by atoms with Crippen molar-refractivity contribution < 1.29 is 12.6 Å². The average Bonchev–Trinajstić information content (AvgIpc) is 2.15. The second-order valence-corrected chi connectivity index (χ2v) is 5.92. The van der Waals surface area contributed by atoms with Crippen LogP contribution in [0.1, 0.15) is 11.1 Å². The second kappa shape index (κ2) is 5.16. The van der Waals surface area contributed by atoms with Gasteiger partial charge in [-0.2, -0.15) is 12.7 Å². The minimum Gasteiger partial charge on any atom is -0.371 e. The number of hydrogen-bond acceptors (Lipinski definition) is 3. The van der Waals surface area contributed by atoms with Gasteiger partial charge in [-0.15, -0.1) is 0 Å². The van der Waals surface area contributed by atoms with E-state index in [1.807, 2.05) is 13.0 Å². The molecule has 0 saturated carbocycles. The number of rotatable bonds is 4. The van der Waals surface area contributed by atoms with E-state index < -0.39 is 10.3 Å². The van der Waals surface area contributed by atoms with E-state index in [4.69, 9.17) is 4.18 Å². The molecule has 1 aromatic rings.